The van der Waals surface area contributed by atoms with Gasteiger partial charge in [-0.25, -0.2) is 9.97 Å². The molecule has 0 aliphatic heterocycles. The number of nitrogens with zero attached hydrogens (tertiary/aromatic N) is 2. The van der Waals surface area contributed by atoms with Crippen LogP contribution in [0.1, 0.15) is 0 Å². The minimum Gasteiger partial charge on any atom is -0.382 e. The van der Waals surface area contributed by atoms with Gasteiger partial charge >= 0.3 is 0 Å². The van der Waals surface area contributed by atoms with Crippen molar-refractivity contribution in [2.45, 2.75) is 5.03 Å². The van der Waals surface area contributed by atoms with Crippen LogP contribution in [-0.4, -0.2) is 27.7 Å². The predicted molar refractivity (Wildman–Crippen MR) is 55.6 cm³/mol. The molecule has 66 valence electrons. The highest BCUT2D eigenvalue weighted by Gasteiger charge is 1.94. The Morgan fingerprint density at radius 3 is 2.75 bits per heavy atom. The van der Waals surface area contributed by atoms with Crippen molar-refractivity contribution < 1.29 is 0 Å². The van der Waals surface area contributed by atoms with E-state index in [0.717, 1.165) is 16.5 Å². The Morgan fingerprint density at radius 2 is 2.17 bits per heavy atom. The summed E-state index contributed by atoms with van der Waals surface area (Å²) in [7, 11) is 0. The van der Waals surface area contributed by atoms with Crippen LogP contribution in [0, 0.1) is 0 Å². The second kappa shape index (κ2) is 5.27. The normalized spacial score (nSPS) is 10.1. The van der Waals surface area contributed by atoms with E-state index in [-0.39, 0.29) is 0 Å². The predicted octanol–water partition coefficient (Wildman–Crippen LogP) is 1.51. The second-order valence-electron chi connectivity index (χ2n) is 2.12. The van der Waals surface area contributed by atoms with E-state index in [2.05, 4.69) is 16.2 Å². The molecule has 0 atom stereocenters. The lowest BCUT2D eigenvalue weighted by Crippen LogP contribution is -1.92. The lowest BCUT2D eigenvalue weighted by molar-refractivity contribution is 1.06. The topological polar surface area (TPSA) is 51.8 Å². The van der Waals surface area contributed by atoms with Crippen LogP contribution in [0.5, 0.6) is 0 Å². The summed E-state index contributed by atoms with van der Waals surface area (Å²) in [5.41, 5.74) is 5.39. The monoisotopic (exact) mass is 201 g/mol. The fraction of sp³-hybridized carbons (Fsp3) is 0.429. The van der Waals surface area contributed by atoms with Gasteiger partial charge in [0.2, 0.25) is 0 Å². The van der Waals surface area contributed by atoms with Crippen molar-refractivity contribution in [2.24, 2.45) is 0 Å². The Bertz CT molecular complexity index is 225. The number of nitrogen functional groups attached to an aromatic ring is 1. The summed E-state index contributed by atoms with van der Waals surface area (Å²) in [6.07, 6.45) is 5.39. The van der Waals surface area contributed by atoms with Gasteiger partial charge in [-0.15, -0.1) is 11.8 Å². The number of hydrogen-bond donors (Lipinski definition) is 1. The number of rotatable bonds is 4. The second-order valence-corrected chi connectivity index (χ2v) is 4.22. The van der Waals surface area contributed by atoms with Crippen LogP contribution in [0.2, 0.25) is 0 Å². The van der Waals surface area contributed by atoms with Crippen LogP contribution < -0.4 is 5.73 Å². The first-order chi connectivity index (χ1) is 5.83. The number of nitrogens with two attached hydrogens (primary N) is 1. The molecule has 5 heteroatoms. The van der Waals surface area contributed by atoms with Crippen LogP contribution in [0.15, 0.2) is 17.4 Å². The summed E-state index contributed by atoms with van der Waals surface area (Å²) in [6, 6.07) is 0. The molecule has 0 fully saturated rings. The Hall–Kier alpha value is -0.420. The van der Waals surface area contributed by atoms with Crippen molar-refractivity contribution in [2.75, 3.05) is 23.5 Å². The SMILES string of the molecule is CSCCSc1cnc(N)cn1. The van der Waals surface area contributed by atoms with Crippen LogP contribution in [0.4, 0.5) is 5.82 Å². The van der Waals surface area contributed by atoms with Gasteiger partial charge < -0.3 is 5.73 Å². The number of aromatic nitrogens is 2. The molecular weight excluding hydrogens is 190 g/mol. The highest BCUT2D eigenvalue weighted by Crippen LogP contribution is 2.14. The number of thioether (sulfide) groups is 2. The Labute approximate surface area is 80.6 Å². The van der Waals surface area contributed by atoms with Crippen LogP contribution in [-0.2, 0) is 0 Å². The van der Waals surface area contributed by atoms with Gasteiger partial charge in [0.1, 0.15) is 10.8 Å². The third kappa shape index (κ3) is 3.32. The highest BCUT2D eigenvalue weighted by molar-refractivity contribution is 8.02. The van der Waals surface area contributed by atoms with E-state index in [1.807, 2.05) is 11.8 Å². The van der Waals surface area contributed by atoms with Gasteiger partial charge in [-0.05, 0) is 6.26 Å². The van der Waals surface area contributed by atoms with E-state index in [9.17, 15) is 0 Å². The number of anilines is 1. The maximum absolute atomic E-state index is 5.39. The highest BCUT2D eigenvalue weighted by atomic mass is 32.2. The first-order valence-electron chi connectivity index (χ1n) is 3.52. The molecule has 0 spiro atoms. The molecule has 0 radical (unpaired) electrons. The van der Waals surface area contributed by atoms with E-state index in [4.69, 9.17) is 5.73 Å². The zero-order valence-electron chi connectivity index (χ0n) is 6.86. The van der Waals surface area contributed by atoms with Crippen LogP contribution in [0.25, 0.3) is 0 Å². The van der Waals surface area contributed by atoms with Crippen molar-refractivity contribution in [3.63, 3.8) is 0 Å². The molecule has 0 aliphatic carbocycles. The van der Waals surface area contributed by atoms with Gasteiger partial charge in [0.25, 0.3) is 0 Å². The van der Waals surface area contributed by atoms with E-state index in [1.165, 1.54) is 0 Å². The minimum absolute atomic E-state index is 0.476. The summed E-state index contributed by atoms with van der Waals surface area (Å²) in [5.74, 6) is 2.68. The molecular formula is C7H11N3S2. The molecule has 0 saturated heterocycles. The smallest absolute Gasteiger partial charge is 0.141 e. The average molecular weight is 201 g/mol. The Morgan fingerprint density at radius 1 is 1.33 bits per heavy atom. The molecule has 0 bridgehead atoms. The van der Waals surface area contributed by atoms with Gasteiger partial charge in [-0.3, -0.25) is 0 Å². The Kier molecular flexibility index (Phi) is 4.24. The molecule has 0 aliphatic rings. The quantitative estimate of drug-likeness (QED) is 0.591. The van der Waals surface area contributed by atoms with Crippen molar-refractivity contribution in [1.29, 1.82) is 0 Å². The van der Waals surface area contributed by atoms with Crippen LogP contribution in [0.3, 0.4) is 0 Å². The summed E-state index contributed by atoms with van der Waals surface area (Å²) < 4.78 is 0. The number of hydrogen-bond acceptors (Lipinski definition) is 5. The minimum atomic E-state index is 0.476. The molecule has 12 heavy (non-hydrogen) atoms. The zero-order valence-corrected chi connectivity index (χ0v) is 8.49. The first kappa shape index (κ1) is 9.67. The van der Waals surface area contributed by atoms with Crippen molar-refractivity contribution in [1.82, 2.24) is 9.97 Å². The molecule has 2 N–H and O–H groups in total. The standard InChI is InChI=1S/C7H11N3S2/c1-11-2-3-12-7-5-9-6(8)4-10-7/h4-5H,2-3H2,1H3,(H2,8,9). The summed E-state index contributed by atoms with van der Waals surface area (Å²) in [5, 5.41) is 0.943. The van der Waals surface area contributed by atoms with E-state index < -0.39 is 0 Å². The molecule has 1 heterocycles. The summed E-state index contributed by atoms with van der Waals surface area (Å²) >= 11 is 3.53. The molecule has 0 aromatic carbocycles. The molecule has 0 amide bonds. The lowest BCUT2D eigenvalue weighted by Gasteiger charge is -1.98. The molecule has 0 saturated carbocycles. The average Bonchev–Trinajstić information content (AvgIpc) is 2.09. The Balaban J connectivity index is 2.37. The van der Waals surface area contributed by atoms with E-state index in [1.54, 1.807) is 24.2 Å². The maximum Gasteiger partial charge on any atom is 0.141 e. The van der Waals surface area contributed by atoms with E-state index in [0.29, 0.717) is 5.82 Å². The van der Waals surface area contributed by atoms with Gasteiger partial charge in [0, 0.05) is 11.5 Å². The zero-order chi connectivity index (χ0) is 8.81. The molecule has 3 nitrogen and oxygen atoms in total. The molecule has 1 aromatic rings. The summed E-state index contributed by atoms with van der Waals surface area (Å²) in [4.78, 5) is 8.06. The lowest BCUT2D eigenvalue weighted by atomic mass is 10.7. The van der Waals surface area contributed by atoms with Crippen molar-refractivity contribution in [3.8, 4) is 0 Å². The van der Waals surface area contributed by atoms with Crippen LogP contribution >= 0.6 is 23.5 Å². The third-order valence-electron chi connectivity index (χ3n) is 1.19. The van der Waals surface area contributed by atoms with Gasteiger partial charge in [-0.1, -0.05) is 0 Å². The van der Waals surface area contributed by atoms with Crippen molar-refractivity contribution in [3.05, 3.63) is 12.4 Å². The molecule has 0 unspecified atom stereocenters. The molecule has 1 rings (SSSR count). The maximum atomic E-state index is 5.39. The fourth-order valence-corrected chi connectivity index (χ4v) is 2.09. The first-order valence-corrected chi connectivity index (χ1v) is 5.90. The van der Waals surface area contributed by atoms with Gasteiger partial charge in [-0.2, -0.15) is 11.8 Å². The fourth-order valence-electron chi connectivity index (χ4n) is 0.630. The van der Waals surface area contributed by atoms with E-state index >= 15 is 0 Å². The molecule has 1 aromatic heterocycles. The largest absolute Gasteiger partial charge is 0.382 e. The third-order valence-corrected chi connectivity index (χ3v) is 2.97. The summed E-state index contributed by atoms with van der Waals surface area (Å²) in [6.45, 7) is 0. The van der Waals surface area contributed by atoms with Crippen molar-refractivity contribution >= 4 is 29.3 Å². The van der Waals surface area contributed by atoms with Gasteiger partial charge in [0.05, 0.1) is 12.4 Å². The van der Waals surface area contributed by atoms with Gasteiger partial charge in [0.15, 0.2) is 0 Å².